The minimum absolute atomic E-state index is 0.327. The van der Waals surface area contributed by atoms with E-state index in [0.717, 1.165) is 0 Å². The molecule has 0 amide bonds. The smallest absolute Gasteiger partial charge is 0.111 e. The van der Waals surface area contributed by atoms with Gasteiger partial charge in [0, 0.05) is 6.54 Å². The zero-order valence-corrected chi connectivity index (χ0v) is 9.24. The minimum Gasteiger partial charge on any atom is -0.392 e. The second-order valence-electron chi connectivity index (χ2n) is 3.83. The van der Waals surface area contributed by atoms with Crippen LogP contribution in [0.25, 0.3) is 0 Å². The van der Waals surface area contributed by atoms with E-state index in [4.69, 9.17) is 5.11 Å². The topological polar surface area (TPSA) is 93.0 Å². The predicted molar refractivity (Wildman–Crippen MR) is 59.8 cm³/mol. The molecule has 0 saturated carbocycles. The van der Waals surface area contributed by atoms with Crippen LogP contribution in [-0.2, 0) is 0 Å². The average molecular weight is 229 g/mol. The van der Waals surface area contributed by atoms with Gasteiger partial charge in [0.15, 0.2) is 0 Å². The number of hydrogen-bond acceptors (Lipinski definition) is 5. The van der Waals surface area contributed by atoms with Gasteiger partial charge >= 0.3 is 0 Å². The Labute approximate surface area is 94.7 Å². The first-order valence-electron chi connectivity index (χ1n) is 5.32. The van der Waals surface area contributed by atoms with E-state index in [-0.39, 0.29) is 6.61 Å². The first kappa shape index (κ1) is 13.3. The van der Waals surface area contributed by atoms with Crippen molar-refractivity contribution in [1.29, 1.82) is 0 Å². The predicted octanol–water partition coefficient (Wildman–Crippen LogP) is -1.46. The van der Waals surface area contributed by atoms with E-state index < -0.39 is 24.4 Å². The summed E-state index contributed by atoms with van der Waals surface area (Å²) in [5.41, 5.74) is 0.329. The van der Waals surface area contributed by atoms with E-state index in [1.807, 2.05) is 19.1 Å². The van der Waals surface area contributed by atoms with Gasteiger partial charge in [0.2, 0.25) is 0 Å². The monoisotopic (exact) mass is 229 g/mol. The lowest BCUT2D eigenvalue weighted by Crippen LogP contribution is -2.54. The molecule has 4 atom stereocenters. The fourth-order valence-electron chi connectivity index (χ4n) is 1.69. The van der Waals surface area contributed by atoms with Gasteiger partial charge in [-0.2, -0.15) is 0 Å². The summed E-state index contributed by atoms with van der Waals surface area (Å²) in [7, 11) is 0. The fourth-order valence-corrected chi connectivity index (χ4v) is 1.69. The standard InChI is InChI=1S/C11H19NO4/c1-2-3-4-12-8-5-7(6-13)9(14)11(16)10(8)15/h2-3,5,8-16H,4,6H2,1H3/b3-2+/t8-,9+,10-,11?/m0/s1. The van der Waals surface area contributed by atoms with Gasteiger partial charge in [-0.15, -0.1) is 0 Å². The summed E-state index contributed by atoms with van der Waals surface area (Å²) >= 11 is 0. The summed E-state index contributed by atoms with van der Waals surface area (Å²) in [5, 5.41) is 40.8. The summed E-state index contributed by atoms with van der Waals surface area (Å²) in [6.45, 7) is 2.11. The Bertz CT molecular complexity index is 277. The van der Waals surface area contributed by atoms with E-state index >= 15 is 0 Å². The first-order valence-corrected chi connectivity index (χ1v) is 5.32. The molecule has 0 heterocycles. The van der Waals surface area contributed by atoms with E-state index in [9.17, 15) is 15.3 Å². The summed E-state index contributed by atoms with van der Waals surface area (Å²) in [5.74, 6) is 0. The molecule has 0 saturated heterocycles. The van der Waals surface area contributed by atoms with Crippen molar-refractivity contribution >= 4 is 0 Å². The van der Waals surface area contributed by atoms with Crippen molar-refractivity contribution < 1.29 is 20.4 Å². The maximum atomic E-state index is 9.70. The molecule has 0 radical (unpaired) electrons. The largest absolute Gasteiger partial charge is 0.392 e. The Morgan fingerprint density at radius 2 is 2.00 bits per heavy atom. The molecule has 92 valence electrons. The molecule has 0 bridgehead atoms. The number of hydrogen-bond donors (Lipinski definition) is 5. The number of aliphatic hydroxyl groups excluding tert-OH is 4. The normalized spacial score (nSPS) is 35.4. The summed E-state index contributed by atoms with van der Waals surface area (Å²) in [6, 6.07) is -0.461. The van der Waals surface area contributed by atoms with Crippen LogP contribution in [0.1, 0.15) is 6.92 Å². The number of rotatable bonds is 4. The van der Waals surface area contributed by atoms with Crippen LogP contribution >= 0.6 is 0 Å². The van der Waals surface area contributed by atoms with Gasteiger partial charge in [-0.25, -0.2) is 0 Å². The first-order chi connectivity index (χ1) is 7.61. The SMILES string of the molecule is C/C=C/CN[C@H]1C=C(CO)[C@@H](O)C(O)[C@H]1O. The van der Waals surface area contributed by atoms with E-state index in [0.29, 0.717) is 12.1 Å². The van der Waals surface area contributed by atoms with Gasteiger partial charge in [-0.1, -0.05) is 18.2 Å². The van der Waals surface area contributed by atoms with Gasteiger partial charge in [0.05, 0.1) is 12.6 Å². The lowest BCUT2D eigenvalue weighted by atomic mass is 9.88. The van der Waals surface area contributed by atoms with Crippen LogP contribution in [0.3, 0.4) is 0 Å². The maximum Gasteiger partial charge on any atom is 0.111 e. The van der Waals surface area contributed by atoms with Gasteiger partial charge in [0.1, 0.15) is 18.3 Å². The van der Waals surface area contributed by atoms with Crippen LogP contribution in [0.4, 0.5) is 0 Å². The van der Waals surface area contributed by atoms with Crippen LogP contribution in [0.15, 0.2) is 23.8 Å². The molecule has 1 rings (SSSR count). The molecule has 5 heteroatoms. The van der Waals surface area contributed by atoms with E-state index in [1.165, 1.54) is 0 Å². The Morgan fingerprint density at radius 1 is 1.31 bits per heavy atom. The quantitative estimate of drug-likeness (QED) is 0.380. The molecular weight excluding hydrogens is 210 g/mol. The molecule has 0 aromatic heterocycles. The third-order valence-electron chi connectivity index (χ3n) is 2.70. The zero-order chi connectivity index (χ0) is 12.1. The molecule has 0 aromatic rings. The molecule has 5 nitrogen and oxygen atoms in total. The molecule has 5 N–H and O–H groups in total. The highest BCUT2D eigenvalue weighted by molar-refractivity contribution is 5.21. The van der Waals surface area contributed by atoms with Crippen LogP contribution in [0.2, 0.25) is 0 Å². The van der Waals surface area contributed by atoms with Gasteiger partial charge < -0.3 is 25.7 Å². The third kappa shape index (κ3) is 2.90. The lowest BCUT2D eigenvalue weighted by molar-refractivity contribution is -0.0637. The molecular formula is C11H19NO4. The van der Waals surface area contributed by atoms with Crippen molar-refractivity contribution in [3.63, 3.8) is 0 Å². The molecule has 0 fully saturated rings. The van der Waals surface area contributed by atoms with Crippen LogP contribution in [0, 0.1) is 0 Å². The number of nitrogens with one attached hydrogen (secondary N) is 1. The molecule has 1 aliphatic carbocycles. The lowest BCUT2D eigenvalue weighted by Gasteiger charge is -2.34. The Hall–Kier alpha value is -0.720. The highest BCUT2D eigenvalue weighted by atomic mass is 16.4. The van der Waals surface area contributed by atoms with Crippen LogP contribution < -0.4 is 5.32 Å². The Kier molecular flexibility index (Phi) is 5.11. The number of aliphatic hydroxyl groups is 4. The highest BCUT2D eigenvalue weighted by Gasteiger charge is 2.36. The molecule has 0 aliphatic heterocycles. The molecule has 0 spiro atoms. The van der Waals surface area contributed by atoms with Crippen molar-refractivity contribution in [3.05, 3.63) is 23.8 Å². The zero-order valence-electron chi connectivity index (χ0n) is 9.24. The van der Waals surface area contributed by atoms with Crippen molar-refractivity contribution in [2.75, 3.05) is 13.2 Å². The second-order valence-corrected chi connectivity index (χ2v) is 3.83. The van der Waals surface area contributed by atoms with Crippen molar-refractivity contribution in [3.8, 4) is 0 Å². The van der Waals surface area contributed by atoms with E-state index in [2.05, 4.69) is 5.32 Å². The molecule has 1 aliphatic rings. The maximum absolute atomic E-state index is 9.70. The average Bonchev–Trinajstić information content (AvgIpc) is 2.29. The minimum atomic E-state index is -1.27. The Morgan fingerprint density at radius 3 is 2.56 bits per heavy atom. The van der Waals surface area contributed by atoms with Crippen molar-refractivity contribution in [2.24, 2.45) is 0 Å². The second kappa shape index (κ2) is 6.12. The van der Waals surface area contributed by atoms with Crippen molar-refractivity contribution in [2.45, 2.75) is 31.3 Å². The van der Waals surface area contributed by atoms with Gasteiger partial charge in [-0.3, -0.25) is 0 Å². The Balaban J connectivity index is 2.71. The van der Waals surface area contributed by atoms with Gasteiger partial charge in [0.25, 0.3) is 0 Å². The molecule has 0 aromatic carbocycles. The number of allylic oxidation sites excluding steroid dienone is 1. The summed E-state index contributed by atoms with van der Waals surface area (Å²) < 4.78 is 0. The van der Waals surface area contributed by atoms with E-state index in [1.54, 1.807) is 6.08 Å². The summed E-state index contributed by atoms with van der Waals surface area (Å²) in [4.78, 5) is 0. The molecule has 16 heavy (non-hydrogen) atoms. The molecule has 1 unspecified atom stereocenters. The summed E-state index contributed by atoms with van der Waals surface area (Å²) in [6.07, 6.45) is 1.76. The van der Waals surface area contributed by atoms with Gasteiger partial charge in [-0.05, 0) is 12.5 Å². The van der Waals surface area contributed by atoms with Crippen molar-refractivity contribution in [1.82, 2.24) is 5.32 Å². The highest BCUT2D eigenvalue weighted by Crippen LogP contribution is 2.19. The van der Waals surface area contributed by atoms with Crippen LogP contribution in [0.5, 0.6) is 0 Å². The fraction of sp³-hybridized carbons (Fsp3) is 0.636. The third-order valence-corrected chi connectivity index (χ3v) is 2.70. The van der Waals surface area contributed by atoms with Crippen LogP contribution in [-0.4, -0.2) is 57.9 Å².